The maximum absolute atomic E-state index is 12.4. The molecular weight excluding hydrogens is 361 g/mol. The molecular formula is C13H16INO4. The Labute approximate surface area is 125 Å². The van der Waals surface area contributed by atoms with Crippen molar-refractivity contribution in [1.82, 2.24) is 4.90 Å². The fraction of sp³-hybridized carbons (Fsp3) is 0.462. The SMILES string of the molecule is CC1CN(C(=O)c2cc(I)ccc2O)CC(CO)O1. The maximum atomic E-state index is 12.4. The monoisotopic (exact) mass is 377 g/mol. The Bertz CT molecular complexity index is 480. The molecule has 2 N–H and O–H groups in total. The van der Waals surface area contributed by atoms with Crippen LogP contribution in [-0.4, -0.2) is 52.9 Å². The fourth-order valence-electron chi connectivity index (χ4n) is 2.16. The van der Waals surface area contributed by atoms with Gasteiger partial charge in [0.05, 0.1) is 24.4 Å². The van der Waals surface area contributed by atoms with Crippen molar-refractivity contribution in [2.24, 2.45) is 0 Å². The second-order valence-electron chi connectivity index (χ2n) is 4.62. The van der Waals surface area contributed by atoms with E-state index in [0.717, 1.165) is 3.57 Å². The number of carbonyl (C=O) groups excluding carboxylic acids is 1. The Kier molecular flexibility index (Phi) is 4.64. The average Bonchev–Trinajstić information content (AvgIpc) is 2.40. The molecule has 1 heterocycles. The number of aliphatic hydroxyl groups excluding tert-OH is 1. The Morgan fingerprint density at radius 2 is 2.26 bits per heavy atom. The van der Waals surface area contributed by atoms with Crippen LogP contribution in [0.2, 0.25) is 0 Å². The molecule has 1 aliphatic heterocycles. The summed E-state index contributed by atoms with van der Waals surface area (Å²) < 4.78 is 6.39. The van der Waals surface area contributed by atoms with Crippen molar-refractivity contribution in [2.45, 2.75) is 19.1 Å². The lowest BCUT2D eigenvalue weighted by Gasteiger charge is -2.36. The summed E-state index contributed by atoms with van der Waals surface area (Å²) in [6.07, 6.45) is -0.489. The summed E-state index contributed by atoms with van der Waals surface area (Å²) in [5, 5.41) is 19.0. The number of nitrogens with zero attached hydrogens (tertiary/aromatic N) is 1. The number of halogens is 1. The maximum Gasteiger partial charge on any atom is 0.257 e. The second kappa shape index (κ2) is 6.06. The Hall–Kier alpha value is -0.860. The number of benzene rings is 1. The molecule has 0 saturated carbocycles. The molecule has 1 aromatic carbocycles. The summed E-state index contributed by atoms with van der Waals surface area (Å²) in [7, 11) is 0. The predicted octanol–water partition coefficient (Wildman–Crippen LogP) is 1.22. The van der Waals surface area contributed by atoms with Gasteiger partial charge >= 0.3 is 0 Å². The van der Waals surface area contributed by atoms with Crippen LogP contribution in [0.4, 0.5) is 0 Å². The van der Waals surface area contributed by atoms with E-state index in [0.29, 0.717) is 13.1 Å². The Balaban J connectivity index is 2.21. The number of hydrogen-bond donors (Lipinski definition) is 2. The second-order valence-corrected chi connectivity index (χ2v) is 5.87. The zero-order chi connectivity index (χ0) is 14.0. The minimum absolute atomic E-state index is 0.0230. The van der Waals surface area contributed by atoms with E-state index in [1.165, 1.54) is 6.07 Å². The number of phenolic OH excluding ortho intramolecular Hbond substituents is 1. The quantitative estimate of drug-likeness (QED) is 0.761. The van der Waals surface area contributed by atoms with Crippen LogP contribution >= 0.6 is 22.6 Å². The van der Waals surface area contributed by atoms with E-state index >= 15 is 0 Å². The van der Waals surface area contributed by atoms with E-state index in [-0.39, 0.29) is 36.0 Å². The highest BCUT2D eigenvalue weighted by molar-refractivity contribution is 14.1. The molecule has 2 unspecified atom stereocenters. The first-order valence-corrected chi connectivity index (χ1v) is 7.13. The van der Waals surface area contributed by atoms with Gasteiger partial charge < -0.3 is 19.8 Å². The van der Waals surface area contributed by atoms with E-state index in [1.807, 2.05) is 6.92 Å². The van der Waals surface area contributed by atoms with Crippen LogP contribution < -0.4 is 0 Å². The number of phenols is 1. The zero-order valence-electron chi connectivity index (χ0n) is 10.5. The first kappa shape index (κ1) is 14.5. The van der Waals surface area contributed by atoms with Crippen molar-refractivity contribution in [3.8, 4) is 5.75 Å². The van der Waals surface area contributed by atoms with Crippen molar-refractivity contribution in [3.63, 3.8) is 0 Å². The lowest BCUT2D eigenvalue weighted by atomic mass is 10.1. The standard InChI is InChI=1S/C13H16INO4/c1-8-5-15(6-10(7-16)19-8)13(18)11-4-9(14)2-3-12(11)17/h2-4,8,10,16-17H,5-7H2,1H3. The number of hydrogen-bond acceptors (Lipinski definition) is 4. The van der Waals surface area contributed by atoms with Crippen LogP contribution in [0.3, 0.4) is 0 Å². The molecule has 1 amide bonds. The third-order valence-electron chi connectivity index (χ3n) is 3.01. The van der Waals surface area contributed by atoms with Crippen LogP contribution in [0.25, 0.3) is 0 Å². The third-order valence-corrected chi connectivity index (χ3v) is 3.68. The highest BCUT2D eigenvalue weighted by atomic mass is 127. The zero-order valence-corrected chi connectivity index (χ0v) is 12.7. The number of morpholine rings is 1. The van der Waals surface area contributed by atoms with Gasteiger partial charge in [-0.05, 0) is 47.7 Å². The molecule has 2 rings (SSSR count). The van der Waals surface area contributed by atoms with Gasteiger partial charge in [0.1, 0.15) is 5.75 Å². The first-order valence-electron chi connectivity index (χ1n) is 6.05. The van der Waals surface area contributed by atoms with E-state index in [1.54, 1.807) is 17.0 Å². The van der Waals surface area contributed by atoms with Crippen molar-refractivity contribution in [3.05, 3.63) is 27.3 Å². The van der Waals surface area contributed by atoms with Crippen LogP contribution in [-0.2, 0) is 4.74 Å². The summed E-state index contributed by atoms with van der Waals surface area (Å²) in [6.45, 7) is 2.54. The highest BCUT2D eigenvalue weighted by Crippen LogP contribution is 2.23. The van der Waals surface area contributed by atoms with Crippen LogP contribution in [0.5, 0.6) is 5.75 Å². The molecule has 19 heavy (non-hydrogen) atoms. The van der Waals surface area contributed by atoms with Crippen molar-refractivity contribution < 1.29 is 19.7 Å². The van der Waals surface area contributed by atoms with Crippen LogP contribution in [0.15, 0.2) is 18.2 Å². The number of amides is 1. The molecule has 2 atom stereocenters. The van der Waals surface area contributed by atoms with E-state index in [4.69, 9.17) is 9.84 Å². The topological polar surface area (TPSA) is 70.0 Å². The summed E-state index contributed by atoms with van der Waals surface area (Å²) in [4.78, 5) is 14.0. The molecule has 0 spiro atoms. The van der Waals surface area contributed by atoms with E-state index in [2.05, 4.69) is 22.6 Å². The van der Waals surface area contributed by atoms with Gasteiger partial charge in [-0.25, -0.2) is 0 Å². The Morgan fingerprint density at radius 3 is 2.95 bits per heavy atom. The van der Waals surface area contributed by atoms with Crippen LogP contribution in [0.1, 0.15) is 17.3 Å². The summed E-state index contributed by atoms with van der Waals surface area (Å²) in [5.74, 6) is -0.255. The number of carbonyl (C=O) groups is 1. The van der Waals surface area contributed by atoms with Gasteiger partial charge in [-0.1, -0.05) is 0 Å². The van der Waals surface area contributed by atoms with Gasteiger partial charge in [0.25, 0.3) is 5.91 Å². The molecule has 104 valence electrons. The summed E-state index contributed by atoms with van der Waals surface area (Å²) >= 11 is 2.10. The molecule has 5 nitrogen and oxygen atoms in total. The van der Waals surface area contributed by atoms with Crippen molar-refractivity contribution in [2.75, 3.05) is 19.7 Å². The lowest BCUT2D eigenvalue weighted by Crippen LogP contribution is -2.50. The molecule has 0 aliphatic carbocycles. The largest absolute Gasteiger partial charge is 0.507 e. The molecule has 1 aromatic rings. The van der Waals surface area contributed by atoms with Gasteiger partial charge in [0.2, 0.25) is 0 Å². The molecule has 1 saturated heterocycles. The van der Waals surface area contributed by atoms with Gasteiger partial charge in [-0.3, -0.25) is 4.79 Å². The number of ether oxygens (including phenoxy) is 1. The number of aromatic hydroxyl groups is 1. The molecule has 0 radical (unpaired) electrons. The van der Waals surface area contributed by atoms with Gasteiger partial charge in [-0.15, -0.1) is 0 Å². The molecule has 0 bridgehead atoms. The first-order chi connectivity index (χ1) is 9.01. The van der Waals surface area contributed by atoms with Gasteiger partial charge in [-0.2, -0.15) is 0 Å². The molecule has 1 aliphatic rings. The summed E-state index contributed by atoms with van der Waals surface area (Å²) in [6, 6.07) is 4.92. The van der Waals surface area contributed by atoms with E-state index < -0.39 is 0 Å². The Morgan fingerprint density at radius 1 is 1.53 bits per heavy atom. The lowest BCUT2D eigenvalue weighted by molar-refractivity contribution is -0.0859. The van der Waals surface area contributed by atoms with Crippen molar-refractivity contribution in [1.29, 1.82) is 0 Å². The summed E-state index contributed by atoms with van der Waals surface area (Å²) in [5.41, 5.74) is 0.290. The predicted molar refractivity (Wildman–Crippen MR) is 78.1 cm³/mol. The average molecular weight is 377 g/mol. The normalized spacial score (nSPS) is 23.4. The van der Waals surface area contributed by atoms with Gasteiger partial charge in [0, 0.05) is 16.7 Å². The van der Waals surface area contributed by atoms with Crippen LogP contribution in [0, 0.1) is 3.57 Å². The number of rotatable bonds is 2. The smallest absolute Gasteiger partial charge is 0.257 e. The van der Waals surface area contributed by atoms with Crippen molar-refractivity contribution >= 4 is 28.5 Å². The molecule has 6 heteroatoms. The minimum atomic E-state index is -0.363. The molecule has 0 aromatic heterocycles. The van der Waals surface area contributed by atoms with Gasteiger partial charge in [0.15, 0.2) is 0 Å². The molecule has 1 fully saturated rings. The third kappa shape index (κ3) is 3.37. The number of aliphatic hydroxyl groups is 1. The van der Waals surface area contributed by atoms with E-state index in [9.17, 15) is 9.90 Å². The fourth-order valence-corrected chi connectivity index (χ4v) is 2.65. The minimum Gasteiger partial charge on any atom is -0.507 e. The highest BCUT2D eigenvalue weighted by Gasteiger charge is 2.29.